The molecule has 116 valence electrons. The third kappa shape index (κ3) is 4.06. The van der Waals surface area contributed by atoms with E-state index in [1.54, 1.807) is 24.3 Å². The van der Waals surface area contributed by atoms with Crippen molar-refractivity contribution < 1.29 is 9.53 Å². The van der Waals surface area contributed by atoms with Crippen LogP contribution in [0.15, 0.2) is 47.4 Å². The van der Waals surface area contributed by atoms with E-state index in [0.717, 1.165) is 5.56 Å². The maximum atomic E-state index is 11.7. The van der Waals surface area contributed by atoms with E-state index < -0.39 is 0 Å². The third-order valence-electron chi connectivity index (χ3n) is 2.92. The molecule has 0 unspecified atom stereocenters. The Hall–Kier alpha value is -1.53. The second kappa shape index (κ2) is 6.93. The van der Waals surface area contributed by atoms with Gasteiger partial charge in [0.2, 0.25) is 0 Å². The van der Waals surface area contributed by atoms with Gasteiger partial charge in [0.25, 0.3) is 5.91 Å². The summed E-state index contributed by atoms with van der Waals surface area (Å²) >= 11 is 18.1. The van der Waals surface area contributed by atoms with Gasteiger partial charge in [0.05, 0.1) is 15.0 Å². The first kappa shape index (κ1) is 16.3. The number of rotatable bonds is 3. The topological polar surface area (TPSA) is 38.3 Å². The van der Waals surface area contributed by atoms with E-state index in [1.165, 1.54) is 11.8 Å². The predicted molar refractivity (Wildman–Crippen MR) is 99.3 cm³/mol. The maximum absolute atomic E-state index is 11.7. The first-order valence-electron chi connectivity index (χ1n) is 6.49. The average molecular weight is 382 g/mol. The number of benzene rings is 2. The summed E-state index contributed by atoms with van der Waals surface area (Å²) in [6.07, 6.45) is 1.76. The van der Waals surface area contributed by atoms with Crippen LogP contribution >= 0.6 is 47.2 Å². The fourth-order valence-electron chi connectivity index (χ4n) is 1.92. The average Bonchev–Trinajstić information content (AvgIpc) is 2.81. The summed E-state index contributed by atoms with van der Waals surface area (Å²) in [6.45, 7) is 0. The number of ether oxygens (including phenoxy) is 1. The minimum absolute atomic E-state index is 0.184. The van der Waals surface area contributed by atoms with Gasteiger partial charge in [-0.05, 0) is 35.9 Å². The van der Waals surface area contributed by atoms with Crippen LogP contribution in [-0.2, 0) is 4.79 Å². The lowest BCUT2D eigenvalue weighted by atomic mass is 10.2. The Morgan fingerprint density at radius 1 is 1.09 bits per heavy atom. The largest absolute Gasteiger partial charge is 0.457 e. The number of thiocarbonyl (C=S) groups is 1. The molecule has 3 rings (SSSR count). The summed E-state index contributed by atoms with van der Waals surface area (Å²) in [5.74, 6) is 1.03. The molecule has 3 nitrogen and oxygen atoms in total. The van der Waals surface area contributed by atoms with Crippen LogP contribution in [0, 0.1) is 0 Å². The molecule has 1 saturated heterocycles. The predicted octanol–water partition coefficient (Wildman–Crippen LogP) is 5.27. The van der Waals surface area contributed by atoms with Gasteiger partial charge < -0.3 is 10.1 Å². The van der Waals surface area contributed by atoms with E-state index in [0.29, 0.717) is 30.8 Å². The lowest BCUT2D eigenvalue weighted by Gasteiger charge is -2.07. The van der Waals surface area contributed by atoms with Crippen LogP contribution in [0.4, 0.5) is 0 Å². The van der Waals surface area contributed by atoms with Crippen molar-refractivity contribution in [2.75, 3.05) is 0 Å². The minimum Gasteiger partial charge on any atom is -0.457 e. The molecule has 1 N–H and O–H groups in total. The van der Waals surface area contributed by atoms with Crippen molar-refractivity contribution in [1.82, 2.24) is 5.32 Å². The summed E-state index contributed by atoms with van der Waals surface area (Å²) in [5, 5.41) is 3.48. The van der Waals surface area contributed by atoms with Crippen molar-refractivity contribution >= 4 is 63.5 Å². The molecular weight excluding hydrogens is 373 g/mol. The van der Waals surface area contributed by atoms with Crippen molar-refractivity contribution in [1.29, 1.82) is 0 Å². The van der Waals surface area contributed by atoms with Crippen LogP contribution in [0.25, 0.3) is 6.08 Å². The van der Waals surface area contributed by atoms with Crippen LogP contribution in [0.5, 0.6) is 11.5 Å². The van der Waals surface area contributed by atoms with E-state index in [2.05, 4.69) is 5.32 Å². The van der Waals surface area contributed by atoms with Gasteiger partial charge in [0.15, 0.2) is 0 Å². The highest BCUT2D eigenvalue weighted by molar-refractivity contribution is 8.26. The summed E-state index contributed by atoms with van der Waals surface area (Å²) in [5.41, 5.74) is 0.838. The molecule has 0 aromatic heterocycles. The fourth-order valence-corrected chi connectivity index (χ4v) is 3.25. The highest BCUT2D eigenvalue weighted by Crippen LogP contribution is 2.31. The molecule has 7 heteroatoms. The molecule has 2 aromatic rings. The number of hydrogen-bond acceptors (Lipinski definition) is 4. The molecule has 0 radical (unpaired) electrons. The van der Waals surface area contributed by atoms with Crippen LogP contribution in [-0.4, -0.2) is 10.2 Å². The second-order valence-electron chi connectivity index (χ2n) is 4.60. The number of halogens is 2. The van der Waals surface area contributed by atoms with Crippen molar-refractivity contribution in [2.24, 2.45) is 0 Å². The fraction of sp³-hybridized carbons (Fsp3) is 0. The maximum Gasteiger partial charge on any atom is 0.263 e. The summed E-state index contributed by atoms with van der Waals surface area (Å²) in [7, 11) is 0. The molecule has 1 heterocycles. The zero-order valence-corrected chi connectivity index (χ0v) is 14.7. The van der Waals surface area contributed by atoms with Gasteiger partial charge in [0, 0.05) is 6.07 Å². The van der Waals surface area contributed by atoms with Crippen molar-refractivity contribution in [2.45, 2.75) is 0 Å². The Labute approximate surface area is 152 Å². The molecule has 1 aliphatic heterocycles. The molecule has 0 saturated carbocycles. The monoisotopic (exact) mass is 381 g/mol. The van der Waals surface area contributed by atoms with Gasteiger partial charge in [-0.3, -0.25) is 4.79 Å². The Balaban J connectivity index is 1.82. The number of thioether (sulfide) groups is 1. The summed E-state index contributed by atoms with van der Waals surface area (Å²) < 4.78 is 6.22. The molecule has 1 aliphatic rings. The van der Waals surface area contributed by atoms with Crippen LogP contribution in [0.2, 0.25) is 10.0 Å². The highest BCUT2D eigenvalue weighted by Gasteiger charge is 2.21. The number of amides is 1. The highest BCUT2D eigenvalue weighted by atomic mass is 35.5. The Bertz CT molecular complexity index is 837. The normalized spacial score (nSPS) is 15.8. The lowest BCUT2D eigenvalue weighted by Crippen LogP contribution is -2.17. The SMILES string of the molecule is O=C1NC(=S)SC1=Cc1cccc(Oc2ccc(Cl)c(Cl)c2)c1. The number of carbonyl (C=O) groups excluding carboxylic acids is 1. The third-order valence-corrected chi connectivity index (χ3v) is 4.83. The second-order valence-corrected chi connectivity index (χ2v) is 7.14. The molecular formula is C16H9Cl2NO2S2. The van der Waals surface area contributed by atoms with E-state index in [-0.39, 0.29) is 5.91 Å². The van der Waals surface area contributed by atoms with Crippen molar-refractivity contribution in [3.8, 4) is 11.5 Å². The van der Waals surface area contributed by atoms with Gasteiger partial charge >= 0.3 is 0 Å². The zero-order chi connectivity index (χ0) is 16.4. The Morgan fingerprint density at radius 3 is 2.57 bits per heavy atom. The number of nitrogens with one attached hydrogen (secondary N) is 1. The van der Waals surface area contributed by atoms with Crippen molar-refractivity contribution in [3.05, 3.63) is 63.0 Å². The van der Waals surface area contributed by atoms with Crippen LogP contribution in [0.3, 0.4) is 0 Å². The van der Waals surface area contributed by atoms with Gasteiger partial charge in [-0.1, -0.05) is 59.3 Å². The lowest BCUT2D eigenvalue weighted by molar-refractivity contribution is -0.115. The molecule has 0 bridgehead atoms. The van der Waals surface area contributed by atoms with Gasteiger partial charge in [-0.15, -0.1) is 0 Å². The number of carbonyl (C=O) groups is 1. The standard InChI is InChI=1S/C16H9Cl2NO2S2/c17-12-5-4-11(8-13(12)18)21-10-3-1-2-9(6-10)7-14-15(20)19-16(22)23-14/h1-8H,(H,19,20,22). The molecule has 23 heavy (non-hydrogen) atoms. The van der Waals surface area contributed by atoms with Crippen molar-refractivity contribution in [3.63, 3.8) is 0 Å². The summed E-state index contributed by atoms with van der Waals surface area (Å²) in [4.78, 5) is 12.2. The molecule has 1 amide bonds. The molecule has 0 spiro atoms. The van der Waals surface area contributed by atoms with Crippen LogP contribution < -0.4 is 10.1 Å². The van der Waals surface area contributed by atoms with Gasteiger partial charge in [-0.2, -0.15) is 0 Å². The zero-order valence-electron chi connectivity index (χ0n) is 11.5. The van der Waals surface area contributed by atoms with E-state index in [1.807, 2.05) is 24.3 Å². The molecule has 1 fully saturated rings. The molecule has 0 atom stereocenters. The molecule has 0 aliphatic carbocycles. The Kier molecular flexibility index (Phi) is 4.92. The van der Waals surface area contributed by atoms with E-state index >= 15 is 0 Å². The Morgan fingerprint density at radius 2 is 1.87 bits per heavy atom. The van der Waals surface area contributed by atoms with E-state index in [9.17, 15) is 4.79 Å². The van der Waals surface area contributed by atoms with Gasteiger partial charge in [-0.25, -0.2) is 0 Å². The smallest absolute Gasteiger partial charge is 0.263 e. The first-order valence-corrected chi connectivity index (χ1v) is 8.47. The molecule has 2 aromatic carbocycles. The van der Waals surface area contributed by atoms with E-state index in [4.69, 9.17) is 40.2 Å². The quantitative estimate of drug-likeness (QED) is 0.580. The first-order chi connectivity index (χ1) is 11.0. The minimum atomic E-state index is -0.184. The van der Waals surface area contributed by atoms with Gasteiger partial charge in [0.1, 0.15) is 15.8 Å². The summed E-state index contributed by atoms with van der Waals surface area (Å²) in [6, 6.07) is 12.4. The van der Waals surface area contributed by atoms with Crippen LogP contribution in [0.1, 0.15) is 5.56 Å². The number of hydrogen-bond donors (Lipinski definition) is 1.